The normalized spacial score (nSPS) is 23.9. The zero-order valence-electron chi connectivity index (χ0n) is 10.2. The summed E-state index contributed by atoms with van der Waals surface area (Å²) in [6.07, 6.45) is 3.76. The van der Waals surface area contributed by atoms with Crippen molar-refractivity contribution in [1.82, 2.24) is 5.32 Å². The van der Waals surface area contributed by atoms with Gasteiger partial charge in [-0.2, -0.15) is 0 Å². The van der Waals surface area contributed by atoms with Gasteiger partial charge in [-0.25, -0.2) is 0 Å². The maximum atomic E-state index is 5.25. The fourth-order valence-electron chi connectivity index (χ4n) is 2.30. The van der Waals surface area contributed by atoms with Gasteiger partial charge in [-0.05, 0) is 49.4 Å². The Kier molecular flexibility index (Phi) is 3.83. The van der Waals surface area contributed by atoms with Crippen LogP contribution in [0.3, 0.4) is 0 Å². The first-order valence-electron chi connectivity index (χ1n) is 6.20. The number of ether oxygens (including phenoxy) is 1. The molecule has 1 aromatic rings. The lowest BCUT2D eigenvalue weighted by molar-refractivity contribution is 0.291. The van der Waals surface area contributed by atoms with Crippen LogP contribution in [0.1, 0.15) is 37.7 Å². The van der Waals surface area contributed by atoms with Crippen LogP contribution in [0.4, 0.5) is 0 Å². The summed E-state index contributed by atoms with van der Waals surface area (Å²) in [7, 11) is 1.73. The van der Waals surface area contributed by atoms with Gasteiger partial charge in [0.15, 0.2) is 0 Å². The van der Waals surface area contributed by atoms with E-state index in [2.05, 4.69) is 30.4 Å². The first-order chi connectivity index (χ1) is 7.83. The highest BCUT2D eigenvalue weighted by molar-refractivity contribution is 5.32. The van der Waals surface area contributed by atoms with Gasteiger partial charge in [0.25, 0.3) is 0 Å². The molecule has 0 aliphatic heterocycles. The van der Waals surface area contributed by atoms with Crippen molar-refractivity contribution >= 4 is 0 Å². The molecular formula is C14H21NO. The van der Waals surface area contributed by atoms with Gasteiger partial charge in [-0.15, -0.1) is 0 Å². The number of hydrogen-bond acceptors (Lipinski definition) is 2. The van der Waals surface area contributed by atoms with E-state index in [1.165, 1.54) is 24.8 Å². The van der Waals surface area contributed by atoms with Crippen molar-refractivity contribution in [2.24, 2.45) is 0 Å². The van der Waals surface area contributed by atoms with E-state index >= 15 is 0 Å². The van der Waals surface area contributed by atoms with E-state index in [4.69, 9.17) is 4.74 Å². The smallest absolute Gasteiger partial charge is 0.119 e. The second-order valence-corrected chi connectivity index (χ2v) is 4.60. The molecule has 1 N–H and O–H groups in total. The molecule has 0 aromatic heterocycles. The highest BCUT2D eigenvalue weighted by Gasteiger charge is 2.29. The Morgan fingerprint density at radius 3 is 2.88 bits per heavy atom. The Morgan fingerprint density at radius 2 is 2.19 bits per heavy atom. The molecule has 0 heterocycles. The Morgan fingerprint density at radius 1 is 1.38 bits per heavy atom. The fraction of sp³-hybridized carbons (Fsp3) is 0.571. The summed E-state index contributed by atoms with van der Waals surface area (Å²) in [5.41, 5.74) is 1.42. The average molecular weight is 219 g/mol. The largest absolute Gasteiger partial charge is 0.497 e. The fourth-order valence-corrected chi connectivity index (χ4v) is 2.30. The molecule has 1 saturated carbocycles. The summed E-state index contributed by atoms with van der Waals surface area (Å²) in [5.74, 6) is 1.70. The molecule has 2 nitrogen and oxygen atoms in total. The van der Waals surface area contributed by atoms with Gasteiger partial charge in [-0.3, -0.25) is 0 Å². The molecule has 0 amide bonds. The molecule has 1 aliphatic rings. The van der Waals surface area contributed by atoms with E-state index in [1.54, 1.807) is 7.11 Å². The third-order valence-corrected chi connectivity index (χ3v) is 3.39. The topological polar surface area (TPSA) is 21.3 Å². The van der Waals surface area contributed by atoms with Gasteiger partial charge in [0, 0.05) is 6.04 Å². The second kappa shape index (κ2) is 5.35. The van der Waals surface area contributed by atoms with Gasteiger partial charge in [0.2, 0.25) is 0 Å². The van der Waals surface area contributed by atoms with E-state index in [0.29, 0.717) is 0 Å². The van der Waals surface area contributed by atoms with Crippen LogP contribution in [0.5, 0.6) is 5.75 Å². The molecule has 1 aromatic carbocycles. The third-order valence-electron chi connectivity index (χ3n) is 3.39. The minimum Gasteiger partial charge on any atom is -0.497 e. The summed E-state index contributed by atoms with van der Waals surface area (Å²) in [4.78, 5) is 0. The van der Waals surface area contributed by atoms with Crippen molar-refractivity contribution in [3.8, 4) is 5.75 Å². The lowest BCUT2D eigenvalue weighted by Crippen LogP contribution is -2.40. The molecule has 2 rings (SSSR count). The number of benzene rings is 1. The van der Waals surface area contributed by atoms with E-state index < -0.39 is 0 Å². The zero-order chi connectivity index (χ0) is 11.4. The molecular weight excluding hydrogens is 198 g/mol. The Hall–Kier alpha value is -1.02. The second-order valence-electron chi connectivity index (χ2n) is 4.60. The first kappa shape index (κ1) is 11.5. The SMILES string of the molecule is CCCNC1CC(c2cccc(OC)c2)C1. The summed E-state index contributed by atoms with van der Waals surface area (Å²) >= 11 is 0. The molecule has 2 heteroatoms. The van der Waals surface area contributed by atoms with Gasteiger partial charge in [0.05, 0.1) is 7.11 Å². The minimum atomic E-state index is 0.726. The standard InChI is InChI=1S/C14H21NO/c1-3-7-15-13-8-12(9-13)11-5-4-6-14(10-11)16-2/h4-6,10,12-13,15H,3,7-9H2,1-2H3. The maximum absolute atomic E-state index is 5.25. The van der Waals surface area contributed by atoms with Crippen LogP contribution in [0, 0.1) is 0 Å². The predicted molar refractivity (Wildman–Crippen MR) is 67.1 cm³/mol. The maximum Gasteiger partial charge on any atom is 0.119 e. The van der Waals surface area contributed by atoms with E-state index in [1.807, 2.05) is 6.07 Å². The zero-order valence-corrected chi connectivity index (χ0v) is 10.2. The predicted octanol–water partition coefficient (Wildman–Crippen LogP) is 2.94. The molecule has 0 radical (unpaired) electrons. The Labute approximate surface area is 98.0 Å². The van der Waals surface area contributed by atoms with Crippen LogP contribution >= 0.6 is 0 Å². The summed E-state index contributed by atoms with van der Waals surface area (Å²) in [6, 6.07) is 9.20. The molecule has 1 fully saturated rings. The van der Waals surface area contributed by atoms with Crippen molar-refractivity contribution in [1.29, 1.82) is 0 Å². The molecule has 1 aliphatic carbocycles. The highest BCUT2D eigenvalue weighted by atomic mass is 16.5. The lowest BCUT2D eigenvalue weighted by Gasteiger charge is -2.36. The van der Waals surface area contributed by atoms with Crippen molar-refractivity contribution in [2.45, 2.75) is 38.1 Å². The monoisotopic (exact) mass is 219 g/mol. The highest BCUT2D eigenvalue weighted by Crippen LogP contribution is 2.37. The van der Waals surface area contributed by atoms with Crippen LogP contribution in [0.15, 0.2) is 24.3 Å². The summed E-state index contributed by atoms with van der Waals surface area (Å²) in [5, 5.41) is 3.57. The van der Waals surface area contributed by atoms with Crippen molar-refractivity contribution in [2.75, 3.05) is 13.7 Å². The van der Waals surface area contributed by atoms with Gasteiger partial charge in [-0.1, -0.05) is 19.1 Å². The number of methoxy groups -OCH3 is 1. The van der Waals surface area contributed by atoms with Crippen LogP contribution in [0.2, 0.25) is 0 Å². The molecule has 88 valence electrons. The van der Waals surface area contributed by atoms with Crippen LogP contribution < -0.4 is 10.1 Å². The first-order valence-corrected chi connectivity index (χ1v) is 6.20. The van der Waals surface area contributed by atoms with Gasteiger partial charge >= 0.3 is 0 Å². The third kappa shape index (κ3) is 2.56. The van der Waals surface area contributed by atoms with E-state index in [9.17, 15) is 0 Å². The van der Waals surface area contributed by atoms with Crippen molar-refractivity contribution < 1.29 is 4.74 Å². The van der Waals surface area contributed by atoms with Crippen molar-refractivity contribution in [3.63, 3.8) is 0 Å². The Balaban J connectivity index is 1.86. The van der Waals surface area contributed by atoms with Gasteiger partial charge in [0.1, 0.15) is 5.75 Å². The number of rotatable bonds is 5. The minimum absolute atomic E-state index is 0.726. The van der Waals surface area contributed by atoms with E-state index in [-0.39, 0.29) is 0 Å². The Bertz CT molecular complexity index is 331. The van der Waals surface area contributed by atoms with Crippen LogP contribution in [-0.4, -0.2) is 19.7 Å². The molecule has 0 unspecified atom stereocenters. The van der Waals surface area contributed by atoms with Gasteiger partial charge < -0.3 is 10.1 Å². The molecule has 0 spiro atoms. The molecule has 0 bridgehead atoms. The van der Waals surface area contributed by atoms with E-state index in [0.717, 1.165) is 24.3 Å². The summed E-state index contributed by atoms with van der Waals surface area (Å²) in [6.45, 7) is 3.36. The average Bonchev–Trinajstić information content (AvgIpc) is 2.27. The number of nitrogens with one attached hydrogen (secondary N) is 1. The van der Waals surface area contributed by atoms with Crippen LogP contribution in [0.25, 0.3) is 0 Å². The molecule has 0 saturated heterocycles. The number of hydrogen-bond donors (Lipinski definition) is 1. The quantitative estimate of drug-likeness (QED) is 0.822. The van der Waals surface area contributed by atoms with Crippen LogP contribution in [-0.2, 0) is 0 Å². The molecule has 0 atom stereocenters. The molecule has 16 heavy (non-hydrogen) atoms. The summed E-state index contributed by atoms with van der Waals surface area (Å²) < 4.78 is 5.25. The lowest BCUT2D eigenvalue weighted by atomic mass is 9.76. The van der Waals surface area contributed by atoms with Crippen molar-refractivity contribution in [3.05, 3.63) is 29.8 Å².